The van der Waals surface area contributed by atoms with Crippen LogP contribution < -0.4 is 20.1 Å². The monoisotopic (exact) mass is 424 g/mol. The number of aryl methyl sites for hydroxylation is 1. The van der Waals surface area contributed by atoms with Gasteiger partial charge in [0.15, 0.2) is 11.5 Å². The highest BCUT2D eigenvalue weighted by Gasteiger charge is 2.17. The first kappa shape index (κ1) is 22.5. The predicted molar refractivity (Wildman–Crippen MR) is 110 cm³/mol. The second-order valence-corrected chi connectivity index (χ2v) is 7.43. The number of nitrogens with one attached hydrogen (secondary N) is 2. The zero-order valence-electron chi connectivity index (χ0n) is 16.2. The lowest BCUT2D eigenvalue weighted by Crippen LogP contribution is -2.25. The van der Waals surface area contributed by atoms with E-state index in [0.29, 0.717) is 5.69 Å². The molecule has 0 aliphatic carbocycles. The number of carbonyl (C=O) groups is 2. The van der Waals surface area contributed by atoms with Crippen molar-refractivity contribution in [2.45, 2.75) is 25.7 Å². The van der Waals surface area contributed by atoms with Crippen LogP contribution in [0.1, 0.15) is 12.5 Å². The number of amides is 2. The van der Waals surface area contributed by atoms with Gasteiger partial charge in [0.1, 0.15) is 0 Å². The molecule has 0 spiro atoms. The van der Waals surface area contributed by atoms with Gasteiger partial charge in [0.25, 0.3) is 0 Å². The summed E-state index contributed by atoms with van der Waals surface area (Å²) in [5.74, 6) is -0.566. The molecule has 156 valence electrons. The fraction of sp³-hybridized carbons (Fsp3) is 0.300. The maximum atomic E-state index is 12.5. The van der Waals surface area contributed by atoms with Gasteiger partial charge in [0.05, 0.1) is 18.1 Å². The van der Waals surface area contributed by atoms with Gasteiger partial charge in [-0.1, -0.05) is 17.7 Å². The SMILES string of the molecule is COc1ccc(NC(=O)C(C)SCC(=O)Nc2ccc(C)cc2)cc1OC(F)F. The Labute approximate surface area is 172 Å². The van der Waals surface area contributed by atoms with E-state index in [1.165, 1.54) is 25.3 Å². The van der Waals surface area contributed by atoms with Gasteiger partial charge in [0, 0.05) is 17.4 Å². The van der Waals surface area contributed by atoms with Gasteiger partial charge in [-0.3, -0.25) is 9.59 Å². The van der Waals surface area contributed by atoms with E-state index < -0.39 is 11.9 Å². The average Bonchev–Trinajstić information content (AvgIpc) is 2.67. The molecule has 29 heavy (non-hydrogen) atoms. The lowest BCUT2D eigenvalue weighted by molar-refractivity contribution is -0.115. The standard InChI is InChI=1S/C20H22F2N2O4S/c1-12-4-6-14(7-5-12)23-18(25)11-29-13(2)19(26)24-15-8-9-16(27-3)17(10-15)28-20(21)22/h4-10,13,20H,11H2,1-3H3,(H,23,25)(H,24,26). The third kappa shape index (κ3) is 7.26. The molecule has 1 unspecified atom stereocenters. The Bertz CT molecular complexity index is 847. The molecule has 0 bridgehead atoms. The van der Waals surface area contributed by atoms with Crippen LogP contribution in [0.2, 0.25) is 0 Å². The third-order valence-electron chi connectivity index (χ3n) is 3.82. The lowest BCUT2D eigenvalue weighted by Gasteiger charge is -2.14. The molecule has 9 heteroatoms. The molecule has 2 N–H and O–H groups in total. The molecule has 2 aromatic carbocycles. The summed E-state index contributed by atoms with van der Waals surface area (Å²) in [6.45, 7) is 0.586. The Balaban J connectivity index is 1.88. The number of ether oxygens (including phenoxy) is 2. The summed E-state index contributed by atoms with van der Waals surface area (Å²) in [5.41, 5.74) is 2.05. The lowest BCUT2D eigenvalue weighted by atomic mass is 10.2. The number of thioether (sulfide) groups is 1. The van der Waals surface area contributed by atoms with Crippen molar-refractivity contribution in [2.75, 3.05) is 23.5 Å². The van der Waals surface area contributed by atoms with Crippen molar-refractivity contribution in [1.29, 1.82) is 0 Å². The van der Waals surface area contributed by atoms with Crippen molar-refractivity contribution < 1.29 is 27.8 Å². The highest BCUT2D eigenvalue weighted by Crippen LogP contribution is 2.31. The van der Waals surface area contributed by atoms with Crippen molar-refractivity contribution in [3.05, 3.63) is 48.0 Å². The van der Waals surface area contributed by atoms with E-state index in [9.17, 15) is 18.4 Å². The van der Waals surface area contributed by atoms with Crippen molar-refractivity contribution in [3.63, 3.8) is 0 Å². The summed E-state index contributed by atoms with van der Waals surface area (Å²) >= 11 is 1.16. The maximum Gasteiger partial charge on any atom is 0.387 e. The van der Waals surface area contributed by atoms with Crippen molar-refractivity contribution in [2.24, 2.45) is 0 Å². The molecule has 0 fully saturated rings. The fourth-order valence-electron chi connectivity index (χ4n) is 2.30. The molecule has 0 radical (unpaired) electrons. The zero-order valence-corrected chi connectivity index (χ0v) is 17.0. The second-order valence-electron chi connectivity index (χ2n) is 6.10. The van der Waals surface area contributed by atoms with Gasteiger partial charge in [-0.25, -0.2) is 0 Å². The van der Waals surface area contributed by atoms with Crippen molar-refractivity contribution in [1.82, 2.24) is 0 Å². The Kier molecular flexibility index (Phi) is 8.26. The number of hydrogen-bond acceptors (Lipinski definition) is 5. The Morgan fingerprint density at radius 3 is 2.31 bits per heavy atom. The molecule has 2 amide bonds. The number of anilines is 2. The van der Waals surface area contributed by atoms with E-state index in [1.54, 1.807) is 19.1 Å². The van der Waals surface area contributed by atoms with Crippen LogP contribution in [0.3, 0.4) is 0 Å². The molecule has 6 nitrogen and oxygen atoms in total. The minimum atomic E-state index is -3.02. The first-order valence-corrected chi connectivity index (χ1v) is 9.75. The number of halogens is 2. The van der Waals surface area contributed by atoms with E-state index in [1.807, 2.05) is 19.1 Å². The maximum absolute atomic E-state index is 12.5. The first-order valence-electron chi connectivity index (χ1n) is 8.70. The summed E-state index contributed by atoms with van der Waals surface area (Å²) < 4.78 is 34.4. The molecule has 0 saturated carbocycles. The van der Waals surface area contributed by atoms with Gasteiger partial charge in [-0.15, -0.1) is 11.8 Å². The topological polar surface area (TPSA) is 76.7 Å². The Morgan fingerprint density at radius 1 is 1.03 bits per heavy atom. The zero-order chi connectivity index (χ0) is 21.4. The largest absolute Gasteiger partial charge is 0.493 e. The summed E-state index contributed by atoms with van der Waals surface area (Å²) in [4.78, 5) is 24.4. The van der Waals surface area contributed by atoms with E-state index in [-0.39, 0.29) is 34.8 Å². The van der Waals surface area contributed by atoms with E-state index >= 15 is 0 Å². The smallest absolute Gasteiger partial charge is 0.387 e. The van der Waals surface area contributed by atoms with Gasteiger partial charge < -0.3 is 20.1 Å². The Hall–Kier alpha value is -2.81. The Morgan fingerprint density at radius 2 is 1.69 bits per heavy atom. The fourth-order valence-corrected chi connectivity index (χ4v) is 2.98. The molecule has 0 saturated heterocycles. The molecular weight excluding hydrogens is 402 g/mol. The van der Waals surface area contributed by atoms with Crippen LogP contribution in [-0.4, -0.2) is 36.5 Å². The predicted octanol–water partition coefficient (Wildman–Crippen LogP) is 4.30. The van der Waals surface area contributed by atoms with Crippen LogP contribution in [0.4, 0.5) is 20.2 Å². The quantitative estimate of drug-likeness (QED) is 0.628. The number of alkyl halides is 2. The summed E-state index contributed by atoms with van der Waals surface area (Å²) in [5, 5.41) is 4.83. The summed E-state index contributed by atoms with van der Waals surface area (Å²) in [7, 11) is 1.33. The van der Waals surface area contributed by atoms with Crippen LogP contribution in [0, 0.1) is 6.92 Å². The molecule has 1 atom stereocenters. The molecule has 0 heterocycles. The average molecular weight is 424 g/mol. The van der Waals surface area contributed by atoms with E-state index in [4.69, 9.17) is 4.74 Å². The highest BCUT2D eigenvalue weighted by molar-refractivity contribution is 8.01. The highest BCUT2D eigenvalue weighted by atomic mass is 32.2. The number of methoxy groups -OCH3 is 1. The molecule has 0 aromatic heterocycles. The third-order valence-corrected chi connectivity index (χ3v) is 4.96. The van der Waals surface area contributed by atoms with Gasteiger partial charge in [-0.2, -0.15) is 8.78 Å². The van der Waals surface area contributed by atoms with Crippen molar-refractivity contribution >= 4 is 35.0 Å². The molecule has 0 aliphatic heterocycles. The van der Waals surface area contributed by atoms with Gasteiger partial charge in [-0.05, 0) is 38.1 Å². The van der Waals surface area contributed by atoms with Crippen LogP contribution in [0.25, 0.3) is 0 Å². The molecule has 0 aliphatic rings. The normalized spacial score (nSPS) is 11.7. The summed E-state index contributed by atoms with van der Waals surface area (Å²) in [6, 6.07) is 11.6. The first-order chi connectivity index (χ1) is 13.8. The van der Waals surface area contributed by atoms with Gasteiger partial charge in [0.2, 0.25) is 11.8 Å². The minimum absolute atomic E-state index is 0.0881. The van der Waals surface area contributed by atoms with Crippen LogP contribution in [-0.2, 0) is 9.59 Å². The number of benzene rings is 2. The van der Waals surface area contributed by atoms with Crippen molar-refractivity contribution in [3.8, 4) is 11.5 Å². The van der Waals surface area contributed by atoms with E-state index in [0.717, 1.165) is 17.3 Å². The second kappa shape index (κ2) is 10.7. The van der Waals surface area contributed by atoms with Crippen LogP contribution in [0.5, 0.6) is 11.5 Å². The molecule has 2 rings (SSSR count). The summed E-state index contributed by atoms with van der Waals surface area (Å²) in [6.07, 6.45) is 0. The van der Waals surface area contributed by atoms with Crippen LogP contribution in [0.15, 0.2) is 42.5 Å². The number of hydrogen-bond donors (Lipinski definition) is 2. The van der Waals surface area contributed by atoms with Crippen LogP contribution >= 0.6 is 11.8 Å². The number of carbonyl (C=O) groups excluding carboxylic acids is 2. The van der Waals surface area contributed by atoms with E-state index in [2.05, 4.69) is 15.4 Å². The molecule has 2 aromatic rings. The molecular formula is C20H22F2N2O4S. The minimum Gasteiger partial charge on any atom is -0.493 e. The number of rotatable bonds is 9. The van der Waals surface area contributed by atoms with Gasteiger partial charge >= 0.3 is 6.61 Å².